The quantitative estimate of drug-likeness (QED) is 0.562. The van der Waals surface area contributed by atoms with E-state index < -0.39 is 0 Å². The van der Waals surface area contributed by atoms with Gasteiger partial charge in [0.15, 0.2) is 5.82 Å². The van der Waals surface area contributed by atoms with Crippen molar-refractivity contribution in [1.29, 1.82) is 0 Å². The maximum absolute atomic E-state index is 13.1. The molecule has 0 atom stereocenters. The molecule has 0 amide bonds. The second-order valence-electron chi connectivity index (χ2n) is 2.47. The molecular weight excluding hydrogens is 143 g/mol. The van der Waals surface area contributed by atoms with Crippen LogP contribution in [0.2, 0.25) is 0 Å². The summed E-state index contributed by atoms with van der Waals surface area (Å²) in [5.41, 5.74) is 0.613. The smallest absolute Gasteiger partial charge is 0.172 e. The molecule has 1 aromatic carbocycles. The molecule has 0 N–H and O–H groups in total. The summed E-state index contributed by atoms with van der Waals surface area (Å²) in [6, 6.07) is 7.08. The Labute approximate surface area is 63.4 Å². The zero-order valence-corrected chi connectivity index (χ0v) is 6.10. The van der Waals surface area contributed by atoms with E-state index in [0.717, 1.165) is 0 Å². The Bertz CT molecular complexity index is 389. The number of hydrogen-bond acceptors (Lipinski definition) is 1. The van der Waals surface area contributed by atoms with Crippen molar-refractivity contribution in [2.24, 2.45) is 0 Å². The summed E-state index contributed by atoms with van der Waals surface area (Å²) in [6.07, 6.45) is 0. The molecule has 0 bridgehead atoms. The van der Waals surface area contributed by atoms with Gasteiger partial charge in [0, 0.05) is 0 Å². The van der Waals surface area contributed by atoms with Crippen molar-refractivity contribution in [3.05, 3.63) is 35.8 Å². The van der Waals surface area contributed by atoms with Crippen molar-refractivity contribution >= 4 is 11.0 Å². The van der Waals surface area contributed by atoms with Crippen molar-refractivity contribution < 1.29 is 8.81 Å². The minimum absolute atomic E-state index is 0.249. The lowest BCUT2D eigenvalue weighted by Gasteiger charge is -1.82. The lowest BCUT2D eigenvalue weighted by Crippen LogP contribution is -1.69. The minimum Gasteiger partial charge on any atom is -0.458 e. The Hall–Kier alpha value is -1.31. The standard InChI is InChI=1S/C9H7FO/c1-6-9(10)7-4-2-3-5-8(7)11-6/h2-5H,1H3. The summed E-state index contributed by atoms with van der Waals surface area (Å²) in [5, 5.41) is 0.560. The molecule has 0 aliphatic carbocycles. The van der Waals surface area contributed by atoms with Crippen LogP contribution >= 0.6 is 0 Å². The van der Waals surface area contributed by atoms with Crippen molar-refractivity contribution in [2.45, 2.75) is 6.92 Å². The molecule has 0 unspecified atom stereocenters. The van der Waals surface area contributed by atoms with Gasteiger partial charge in [-0.2, -0.15) is 0 Å². The summed E-state index contributed by atoms with van der Waals surface area (Å²) in [6.45, 7) is 1.62. The van der Waals surface area contributed by atoms with Gasteiger partial charge in [-0.15, -0.1) is 0 Å². The van der Waals surface area contributed by atoms with Gasteiger partial charge in [-0.25, -0.2) is 4.39 Å². The number of aryl methyl sites for hydroxylation is 1. The number of fused-ring (bicyclic) bond motifs is 1. The average Bonchev–Trinajstić information content (AvgIpc) is 2.30. The number of para-hydroxylation sites is 1. The largest absolute Gasteiger partial charge is 0.458 e. The van der Waals surface area contributed by atoms with Gasteiger partial charge in [-0.1, -0.05) is 12.1 Å². The van der Waals surface area contributed by atoms with Crippen LogP contribution in [0.15, 0.2) is 28.7 Å². The van der Waals surface area contributed by atoms with Crippen molar-refractivity contribution in [3.8, 4) is 0 Å². The van der Waals surface area contributed by atoms with E-state index in [-0.39, 0.29) is 5.82 Å². The summed E-state index contributed by atoms with van der Waals surface area (Å²) in [7, 11) is 0. The van der Waals surface area contributed by atoms with Crippen LogP contribution in [-0.4, -0.2) is 0 Å². The highest BCUT2D eigenvalue weighted by atomic mass is 19.1. The van der Waals surface area contributed by atoms with Crippen LogP contribution in [0.25, 0.3) is 11.0 Å². The maximum atomic E-state index is 13.1. The molecule has 2 heteroatoms. The number of hydrogen-bond donors (Lipinski definition) is 0. The van der Waals surface area contributed by atoms with Crippen LogP contribution < -0.4 is 0 Å². The van der Waals surface area contributed by atoms with E-state index in [9.17, 15) is 4.39 Å². The first-order valence-electron chi connectivity index (χ1n) is 3.42. The van der Waals surface area contributed by atoms with Gasteiger partial charge >= 0.3 is 0 Å². The first-order chi connectivity index (χ1) is 5.29. The van der Waals surface area contributed by atoms with Crippen molar-refractivity contribution in [1.82, 2.24) is 0 Å². The summed E-state index contributed by atoms with van der Waals surface area (Å²) in [4.78, 5) is 0. The van der Waals surface area contributed by atoms with E-state index in [2.05, 4.69) is 0 Å². The Balaban J connectivity index is 2.92. The van der Waals surface area contributed by atoms with Gasteiger partial charge in [0.1, 0.15) is 11.3 Å². The second-order valence-corrected chi connectivity index (χ2v) is 2.47. The molecule has 1 nitrogen and oxygen atoms in total. The Morgan fingerprint density at radius 2 is 2.00 bits per heavy atom. The number of halogens is 1. The molecule has 0 fully saturated rings. The molecule has 0 spiro atoms. The highest BCUT2D eigenvalue weighted by Gasteiger charge is 2.07. The molecular formula is C9H7FO. The topological polar surface area (TPSA) is 13.1 Å². The zero-order chi connectivity index (χ0) is 7.84. The zero-order valence-electron chi connectivity index (χ0n) is 6.10. The number of benzene rings is 1. The SMILES string of the molecule is Cc1oc2ccccc2c1F. The third-order valence-corrected chi connectivity index (χ3v) is 1.70. The summed E-state index contributed by atoms with van der Waals surface area (Å²) >= 11 is 0. The third kappa shape index (κ3) is 0.827. The molecule has 11 heavy (non-hydrogen) atoms. The number of rotatable bonds is 0. The molecule has 2 aromatic rings. The monoisotopic (exact) mass is 150 g/mol. The molecule has 0 saturated carbocycles. The Morgan fingerprint density at radius 1 is 1.27 bits per heavy atom. The summed E-state index contributed by atoms with van der Waals surface area (Å²) < 4.78 is 18.2. The minimum atomic E-state index is -0.249. The normalized spacial score (nSPS) is 10.7. The van der Waals surface area contributed by atoms with Gasteiger partial charge < -0.3 is 4.42 Å². The van der Waals surface area contributed by atoms with E-state index in [1.54, 1.807) is 25.1 Å². The van der Waals surface area contributed by atoms with Crippen molar-refractivity contribution in [3.63, 3.8) is 0 Å². The summed E-state index contributed by atoms with van der Waals surface area (Å²) in [5.74, 6) is 0.104. The van der Waals surface area contributed by atoms with E-state index in [4.69, 9.17) is 4.42 Å². The molecule has 0 radical (unpaired) electrons. The lowest BCUT2D eigenvalue weighted by atomic mass is 10.2. The molecule has 56 valence electrons. The van der Waals surface area contributed by atoms with Crippen molar-refractivity contribution in [2.75, 3.05) is 0 Å². The second kappa shape index (κ2) is 2.09. The highest BCUT2D eigenvalue weighted by molar-refractivity contribution is 5.78. The molecule has 0 aliphatic rings. The molecule has 0 saturated heterocycles. The van der Waals surface area contributed by atoms with Gasteiger partial charge in [0.05, 0.1) is 5.39 Å². The fraction of sp³-hybridized carbons (Fsp3) is 0.111. The van der Waals surface area contributed by atoms with Crippen LogP contribution in [0.1, 0.15) is 5.76 Å². The Morgan fingerprint density at radius 3 is 2.73 bits per heavy atom. The first kappa shape index (κ1) is 6.40. The predicted molar refractivity (Wildman–Crippen MR) is 40.9 cm³/mol. The van der Waals surface area contributed by atoms with E-state index in [1.165, 1.54) is 0 Å². The van der Waals surface area contributed by atoms with Crippen LogP contribution in [-0.2, 0) is 0 Å². The van der Waals surface area contributed by atoms with Gasteiger partial charge in [-0.3, -0.25) is 0 Å². The van der Waals surface area contributed by atoms with Gasteiger partial charge in [-0.05, 0) is 19.1 Å². The Kier molecular flexibility index (Phi) is 1.22. The van der Waals surface area contributed by atoms with E-state index in [1.807, 2.05) is 6.07 Å². The molecule has 2 rings (SSSR count). The fourth-order valence-electron chi connectivity index (χ4n) is 1.14. The van der Waals surface area contributed by atoms with Crippen LogP contribution in [0.3, 0.4) is 0 Å². The van der Waals surface area contributed by atoms with Crippen LogP contribution in [0, 0.1) is 12.7 Å². The first-order valence-corrected chi connectivity index (χ1v) is 3.42. The van der Waals surface area contributed by atoms with E-state index in [0.29, 0.717) is 16.7 Å². The van der Waals surface area contributed by atoms with Crippen LogP contribution in [0.5, 0.6) is 0 Å². The predicted octanol–water partition coefficient (Wildman–Crippen LogP) is 2.88. The van der Waals surface area contributed by atoms with Gasteiger partial charge in [0.2, 0.25) is 0 Å². The highest BCUT2D eigenvalue weighted by Crippen LogP contribution is 2.22. The van der Waals surface area contributed by atoms with Gasteiger partial charge in [0.25, 0.3) is 0 Å². The fourth-order valence-corrected chi connectivity index (χ4v) is 1.14. The molecule has 1 aromatic heterocycles. The molecule has 1 heterocycles. The maximum Gasteiger partial charge on any atom is 0.172 e. The average molecular weight is 150 g/mol. The van der Waals surface area contributed by atoms with Crippen LogP contribution in [0.4, 0.5) is 4.39 Å². The molecule has 0 aliphatic heterocycles. The van der Waals surface area contributed by atoms with E-state index >= 15 is 0 Å². The number of furan rings is 1. The lowest BCUT2D eigenvalue weighted by molar-refractivity contribution is 0.523. The third-order valence-electron chi connectivity index (χ3n) is 1.70.